The van der Waals surface area contributed by atoms with Crippen LogP contribution in [-0.4, -0.2) is 21.8 Å². The molecule has 9 nitrogen and oxygen atoms in total. The molecule has 0 unspecified atom stereocenters. The maximum atomic E-state index is 12.7. The van der Waals surface area contributed by atoms with Gasteiger partial charge in [-0.25, -0.2) is 0 Å². The van der Waals surface area contributed by atoms with Crippen LogP contribution in [0.5, 0.6) is 0 Å². The lowest BCUT2D eigenvalue weighted by molar-refractivity contribution is -0.393. The van der Waals surface area contributed by atoms with Crippen molar-refractivity contribution < 1.29 is 14.6 Å². The Morgan fingerprint density at radius 3 is 2.46 bits per heavy atom. The van der Waals surface area contributed by atoms with Crippen LogP contribution in [-0.2, 0) is 4.79 Å². The number of carbonyl (C=O) groups excluding carboxylic acids is 1. The van der Waals surface area contributed by atoms with Crippen LogP contribution in [0.1, 0.15) is 33.6 Å². The Morgan fingerprint density at radius 1 is 1.23 bits per heavy atom. The van der Waals surface area contributed by atoms with E-state index in [1.165, 1.54) is 12.3 Å². The molecule has 9 heteroatoms. The summed E-state index contributed by atoms with van der Waals surface area (Å²) in [5, 5.41) is 25.9. The average Bonchev–Trinajstić information content (AvgIpc) is 2.88. The molecular formula is C17H20N4O5. The molecule has 0 radical (unpaired) electrons. The van der Waals surface area contributed by atoms with Crippen LogP contribution in [0.25, 0.3) is 0 Å². The van der Waals surface area contributed by atoms with Gasteiger partial charge in [-0.3, -0.25) is 30.4 Å². The van der Waals surface area contributed by atoms with Crippen LogP contribution in [0, 0.1) is 42.9 Å². The first-order chi connectivity index (χ1) is 12.1. The fourth-order valence-corrected chi connectivity index (χ4v) is 4.39. The van der Waals surface area contributed by atoms with Crippen molar-refractivity contribution in [3.63, 3.8) is 0 Å². The van der Waals surface area contributed by atoms with Gasteiger partial charge in [-0.05, 0) is 30.2 Å². The Balaban J connectivity index is 1.81. The molecule has 0 aliphatic heterocycles. The third-order valence-electron chi connectivity index (χ3n) is 6.39. The standard InChI is InChI=1S/C17H20N4O5/c1-16(2)12-6-7-17(16,3)15(22)11(12)9-18-19-13-5-4-10(20(23)24)8-14(13)21(25)26/h4-5,8-9,11-12,19H,6-7H2,1-3H3/b18-9+/t11-,12-,17+/m1/s1. The van der Waals surface area contributed by atoms with E-state index in [0.717, 1.165) is 25.0 Å². The second kappa shape index (κ2) is 5.86. The molecule has 1 aromatic rings. The number of anilines is 1. The van der Waals surface area contributed by atoms with Crippen LogP contribution in [0.4, 0.5) is 17.1 Å². The first-order valence-electron chi connectivity index (χ1n) is 8.36. The number of rotatable bonds is 5. The highest BCUT2D eigenvalue weighted by Gasteiger charge is 2.65. The smallest absolute Gasteiger partial charge is 0.298 e. The van der Waals surface area contributed by atoms with Crippen molar-refractivity contribution in [2.24, 2.45) is 27.8 Å². The molecular weight excluding hydrogens is 340 g/mol. The summed E-state index contributed by atoms with van der Waals surface area (Å²) in [7, 11) is 0. The second-order valence-corrected chi connectivity index (χ2v) is 7.69. The van der Waals surface area contributed by atoms with E-state index in [1.54, 1.807) is 0 Å². The zero-order chi connectivity index (χ0) is 19.3. The number of nitro groups is 2. The Bertz CT molecular complexity index is 834. The fraction of sp³-hybridized carbons (Fsp3) is 0.529. The van der Waals surface area contributed by atoms with Crippen molar-refractivity contribution in [2.45, 2.75) is 33.6 Å². The number of nitro benzene ring substituents is 2. The fourth-order valence-electron chi connectivity index (χ4n) is 4.39. The summed E-state index contributed by atoms with van der Waals surface area (Å²) >= 11 is 0. The topological polar surface area (TPSA) is 128 Å². The zero-order valence-electron chi connectivity index (χ0n) is 14.8. The van der Waals surface area contributed by atoms with E-state index in [0.29, 0.717) is 0 Å². The third kappa shape index (κ3) is 2.46. The van der Waals surface area contributed by atoms with Gasteiger partial charge in [-0.2, -0.15) is 5.10 Å². The van der Waals surface area contributed by atoms with Gasteiger partial charge in [-0.15, -0.1) is 0 Å². The second-order valence-electron chi connectivity index (χ2n) is 7.69. The molecule has 1 aromatic carbocycles. The highest BCUT2D eigenvalue weighted by molar-refractivity contribution is 6.02. The number of carbonyl (C=O) groups is 1. The van der Waals surface area contributed by atoms with Crippen LogP contribution in [0.15, 0.2) is 23.3 Å². The minimum absolute atomic E-state index is 0.0397. The number of non-ortho nitro benzene ring substituents is 1. The molecule has 2 bridgehead atoms. The molecule has 2 aliphatic rings. The van der Waals surface area contributed by atoms with E-state index in [2.05, 4.69) is 24.4 Å². The number of hydrazone groups is 1. The third-order valence-corrected chi connectivity index (χ3v) is 6.39. The maximum Gasteiger partial charge on any atom is 0.301 e. The number of nitrogens with zero attached hydrogens (tertiary/aromatic N) is 3. The molecule has 0 heterocycles. The van der Waals surface area contributed by atoms with Crippen LogP contribution in [0.3, 0.4) is 0 Å². The lowest BCUT2D eigenvalue weighted by Gasteiger charge is -2.32. The molecule has 26 heavy (non-hydrogen) atoms. The van der Waals surface area contributed by atoms with Crippen molar-refractivity contribution in [1.82, 2.24) is 0 Å². The number of hydrogen-bond acceptors (Lipinski definition) is 7. The van der Waals surface area contributed by atoms with E-state index in [-0.39, 0.29) is 39.8 Å². The minimum atomic E-state index is -0.711. The molecule has 3 atom stereocenters. The first kappa shape index (κ1) is 18.0. The molecule has 0 amide bonds. The van der Waals surface area contributed by atoms with Gasteiger partial charge in [0.15, 0.2) is 0 Å². The van der Waals surface area contributed by atoms with E-state index in [1.807, 2.05) is 6.92 Å². The highest BCUT2D eigenvalue weighted by Crippen LogP contribution is 2.65. The quantitative estimate of drug-likeness (QED) is 0.486. The number of hydrogen-bond donors (Lipinski definition) is 1. The SMILES string of the molecule is CC1(C)[C@@H]2CC[C@@]1(C)C(=O)[C@@H]2/C=N/Nc1ccc([N+](=O)[O-])cc1[N+](=O)[O-]. The summed E-state index contributed by atoms with van der Waals surface area (Å²) < 4.78 is 0. The summed E-state index contributed by atoms with van der Waals surface area (Å²) in [6, 6.07) is 3.28. The lowest BCUT2D eigenvalue weighted by Crippen LogP contribution is -2.33. The number of benzene rings is 1. The Hall–Kier alpha value is -2.84. The van der Waals surface area contributed by atoms with E-state index < -0.39 is 15.5 Å². The number of ketones is 1. The lowest BCUT2D eigenvalue weighted by atomic mass is 9.70. The van der Waals surface area contributed by atoms with Gasteiger partial charge in [-0.1, -0.05) is 20.8 Å². The summed E-state index contributed by atoms with van der Waals surface area (Å²) in [5.41, 5.74) is 1.31. The number of Topliss-reactive ketones (excluding diaryl/α,β-unsaturated/α-hetero) is 1. The molecule has 2 fully saturated rings. The minimum Gasteiger partial charge on any atom is -0.298 e. The zero-order valence-corrected chi connectivity index (χ0v) is 14.8. The average molecular weight is 360 g/mol. The Kier molecular flexibility index (Phi) is 4.05. The van der Waals surface area contributed by atoms with Gasteiger partial charge < -0.3 is 0 Å². The molecule has 2 saturated carbocycles. The molecule has 138 valence electrons. The summed E-state index contributed by atoms with van der Waals surface area (Å²) in [6.45, 7) is 6.20. The Morgan fingerprint density at radius 2 is 1.92 bits per heavy atom. The monoisotopic (exact) mass is 360 g/mol. The molecule has 3 rings (SSSR count). The van der Waals surface area contributed by atoms with E-state index in [9.17, 15) is 25.0 Å². The normalized spacial score (nSPS) is 29.3. The van der Waals surface area contributed by atoms with E-state index in [4.69, 9.17) is 0 Å². The predicted octanol–water partition coefficient (Wildman–Crippen LogP) is 3.54. The number of fused-ring (bicyclic) bond motifs is 2. The molecule has 1 N–H and O–H groups in total. The van der Waals surface area contributed by atoms with Gasteiger partial charge >= 0.3 is 5.69 Å². The maximum absolute atomic E-state index is 12.7. The van der Waals surface area contributed by atoms with Gasteiger partial charge in [0.05, 0.1) is 21.8 Å². The van der Waals surface area contributed by atoms with Crippen molar-refractivity contribution in [1.29, 1.82) is 0 Å². The van der Waals surface area contributed by atoms with E-state index >= 15 is 0 Å². The summed E-state index contributed by atoms with van der Waals surface area (Å²) in [4.78, 5) is 33.2. The summed E-state index contributed by atoms with van der Waals surface area (Å²) in [6.07, 6.45) is 3.34. The molecule has 0 spiro atoms. The summed E-state index contributed by atoms with van der Waals surface area (Å²) in [5.74, 6) is 0.0215. The van der Waals surface area contributed by atoms with Gasteiger partial charge in [0.1, 0.15) is 11.5 Å². The van der Waals surface area contributed by atoms with Crippen LogP contribution >= 0.6 is 0 Å². The van der Waals surface area contributed by atoms with Gasteiger partial charge in [0.2, 0.25) is 0 Å². The van der Waals surface area contributed by atoms with Crippen molar-refractivity contribution in [2.75, 3.05) is 5.43 Å². The number of nitrogens with one attached hydrogen (secondary N) is 1. The van der Waals surface area contributed by atoms with Crippen molar-refractivity contribution in [3.8, 4) is 0 Å². The van der Waals surface area contributed by atoms with Crippen molar-refractivity contribution in [3.05, 3.63) is 38.4 Å². The van der Waals surface area contributed by atoms with Gasteiger partial charge in [0.25, 0.3) is 5.69 Å². The first-order valence-corrected chi connectivity index (χ1v) is 8.36. The van der Waals surface area contributed by atoms with Crippen molar-refractivity contribution >= 4 is 29.1 Å². The predicted molar refractivity (Wildman–Crippen MR) is 95.0 cm³/mol. The highest BCUT2D eigenvalue weighted by atomic mass is 16.6. The largest absolute Gasteiger partial charge is 0.301 e. The van der Waals surface area contributed by atoms with Gasteiger partial charge in [0, 0.05) is 17.7 Å². The molecule has 0 aromatic heterocycles. The molecule has 2 aliphatic carbocycles. The molecule has 0 saturated heterocycles. The van der Waals surface area contributed by atoms with Crippen LogP contribution < -0.4 is 5.43 Å². The Labute approximate surface area is 149 Å². The van der Waals surface area contributed by atoms with Crippen LogP contribution in [0.2, 0.25) is 0 Å².